The number of likely N-dealkylation sites (N-methyl/N-ethyl adjacent to an activating group) is 2. The molecule has 0 amide bonds. The summed E-state index contributed by atoms with van der Waals surface area (Å²) in [6.45, 7) is 2.73. The van der Waals surface area contributed by atoms with E-state index in [0.717, 1.165) is 36.1 Å². The molecule has 3 rings (SSSR count). The number of aromatic nitrogens is 1. The summed E-state index contributed by atoms with van der Waals surface area (Å²) in [5.74, 6) is 0.187. The van der Waals surface area contributed by atoms with Crippen LogP contribution in [0.5, 0.6) is 0 Å². The molecule has 2 aromatic rings. The lowest BCUT2D eigenvalue weighted by molar-refractivity contribution is 0.0686. The smallest absolute Gasteiger partial charge is 0.181 e. The molecule has 1 saturated heterocycles. The van der Waals surface area contributed by atoms with Gasteiger partial charge in [-0.1, -0.05) is 18.2 Å². The summed E-state index contributed by atoms with van der Waals surface area (Å²) in [6, 6.07) is 9.65. The number of hydrogen-bond acceptors (Lipinski definition) is 4. The molecular weight excluding hydrogens is 250 g/mol. The van der Waals surface area contributed by atoms with Gasteiger partial charge in [-0.05, 0) is 26.2 Å². The summed E-state index contributed by atoms with van der Waals surface area (Å²) < 4.78 is 0. The maximum Gasteiger partial charge on any atom is 0.181 e. The molecule has 0 spiro atoms. The predicted octanol–water partition coefficient (Wildman–Crippen LogP) is 1.66. The van der Waals surface area contributed by atoms with Crippen LogP contribution in [0.15, 0.2) is 36.5 Å². The second kappa shape index (κ2) is 5.31. The van der Waals surface area contributed by atoms with E-state index in [1.165, 1.54) is 0 Å². The highest BCUT2D eigenvalue weighted by Crippen LogP contribution is 2.17. The zero-order chi connectivity index (χ0) is 14.1. The lowest BCUT2D eigenvalue weighted by atomic mass is 10.00. The molecule has 20 heavy (non-hydrogen) atoms. The first-order valence-corrected chi connectivity index (χ1v) is 6.93. The molecule has 2 heterocycles. The molecular formula is C16H19N3O. The number of carbonyl (C=O) groups excluding carboxylic acids is 1. The Morgan fingerprint density at radius 2 is 2.10 bits per heavy atom. The standard InChI is InChI=1S/C16H19N3O/c1-18-8-9-19(2)15(11-18)16(20)13-6-5-12-4-3-7-17-14(12)10-13/h3-7,10,15H,8-9,11H2,1-2H3. The summed E-state index contributed by atoms with van der Waals surface area (Å²) >= 11 is 0. The molecule has 1 aliphatic heterocycles. The lowest BCUT2D eigenvalue weighted by Gasteiger charge is -2.36. The number of benzene rings is 1. The fraction of sp³-hybridized carbons (Fsp3) is 0.375. The van der Waals surface area contributed by atoms with Crippen LogP contribution in [-0.4, -0.2) is 60.3 Å². The Morgan fingerprint density at radius 1 is 1.25 bits per heavy atom. The third-order valence-electron chi connectivity index (χ3n) is 4.04. The van der Waals surface area contributed by atoms with Crippen molar-refractivity contribution in [2.45, 2.75) is 6.04 Å². The summed E-state index contributed by atoms with van der Waals surface area (Å²) in [7, 11) is 4.09. The molecule has 0 bridgehead atoms. The van der Waals surface area contributed by atoms with Crippen LogP contribution >= 0.6 is 0 Å². The molecule has 1 atom stereocenters. The monoisotopic (exact) mass is 269 g/mol. The molecule has 1 fully saturated rings. The number of ketones is 1. The minimum absolute atomic E-state index is 0.0603. The van der Waals surface area contributed by atoms with Crippen molar-refractivity contribution in [3.05, 3.63) is 42.1 Å². The maximum absolute atomic E-state index is 12.7. The molecule has 1 aromatic carbocycles. The van der Waals surface area contributed by atoms with Crippen LogP contribution in [0.2, 0.25) is 0 Å². The first-order valence-electron chi connectivity index (χ1n) is 6.93. The first kappa shape index (κ1) is 13.2. The highest BCUT2D eigenvalue weighted by molar-refractivity contribution is 6.02. The summed E-state index contributed by atoms with van der Waals surface area (Å²) in [5, 5.41) is 1.07. The number of nitrogens with zero attached hydrogens (tertiary/aromatic N) is 3. The average Bonchev–Trinajstić information content (AvgIpc) is 2.48. The van der Waals surface area contributed by atoms with Gasteiger partial charge in [0.1, 0.15) is 0 Å². The van der Waals surface area contributed by atoms with Crippen LogP contribution in [0.4, 0.5) is 0 Å². The van der Waals surface area contributed by atoms with E-state index >= 15 is 0 Å². The summed E-state index contributed by atoms with van der Waals surface area (Å²) in [4.78, 5) is 21.4. The van der Waals surface area contributed by atoms with Gasteiger partial charge in [0.15, 0.2) is 5.78 Å². The van der Waals surface area contributed by atoms with E-state index in [0.29, 0.717) is 0 Å². The van der Waals surface area contributed by atoms with E-state index in [1.807, 2.05) is 37.4 Å². The van der Waals surface area contributed by atoms with Gasteiger partial charge in [0.25, 0.3) is 0 Å². The maximum atomic E-state index is 12.7. The number of fused-ring (bicyclic) bond motifs is 1. The van der Waals surface area contributed by atoms with Gasteiger partial charge < -0.3 is 4.90 Å². The Balaban J connectivity index is 1.91. The van der Waals surface area contributed by atoms with Crippen molar-refractivity contribution >= 4 is 16.7 Å². The normalized spacial score (nSPS) is 21.2. The lowest BCUT2D eigenvalue weighted by Crippen LogP contribution is -2.53. The van der Waals surface area contributed by atoms with Crippen molar-refractivity contribution in [1.82, 2.24) is 14.8 Å². The highest BCUT2D eigenvalue weighted by atomic mass is 16.1. The van der Waals surface area contributed by atoms with E-state index in [9.17, 15) is 4.79 Å². The molecule has 104 valence electrons. The fourth-order valence-electron chi connectivity index (χ4n) is 2.71. The predicted molar refractivity (Wildman–Crippen MR) is 80.0 cm³/mol. The van der Waals surface area contributed by atoms with Crippen molar-refractivity contribution in [2.24, 2.45) is 0 Å². The van der Waals surface area contributed by atoms with E-state index in [4.69, 9.17) is 0 Å². The van der Waals surface area contributed by atoms with E-state index in [-0.39, 0.29) is 11.8 Å². The van der Waals surface area contributed by atoms with Gasteiger partial charge in [-0.3, -0.25) is 14.7 Å². The fourth-order valence-corrected chi connectivity index (χ4v) is 2.71. The number of Topliss-reactive ketones (excluding diaryl/α,β-unsaturated/α-hetero) is 1. The Bertz CT molecular complexity index is 640. The Kier molecular flexibility index (Phi) is 3.51. The van der Waals surface area contributed by atoms with Crippen molar-refractivity contribution in [3.8, 4) is 0 Å². The molecule has 1 aromatic heterocycles. The Morgan fingerprint density at radius 3 is 2.95 bits per heavy atom. The minimum Gasteiger partial charge on any atom is -0.303 e. The SMILES string of the molecule is CN1CCN(C)C(C(=O)c2ccc3cccnc3c2)C1. The number of hydrogen-bond donors (Lipinski definition) is 0. The van der Waals surface area contributed by atoms with Gasteiger partial charge in [0.2, 0.25) is 0 Å². The topological polar surface area (TPSA) is 36.4 Å². The number of carbonyl (C=O) groups is 1. The summed E-state index contributed by atoms with van der Waals surface area (Å²) in [6.07, 6.45) is 1.76. The van der Waals surface area contributed by atoms with Gasteiger partial charge in [-0.15, -0.1) is 0 Å². The Hall–Kier alpha value is -1.78. The zero-order valence-corrected chi connectivity index (χ0v) is 11.9. The molecule has 4 heteroatoms. The van der Waals surface area contributed by atoms with Crippen molar-refractivity contribution in [2.75, 3.05) is 33.7 Å². The molecule has 1 unspecified atom stereocenters. The number of rotatable bonds is 2. The molecule has 0 aliphatic carbocycles. The quantitative estimate of drug-likeness (QED) is 0.777. The van der Waals surface area contributed by atoms with Crippen LogP contribution in [-0.2, 0) is 0 Å². The zero-order valence-electron chi connectivity index (χ0n) is 11.9. The molecule has 4 nitrogen and oxygen atoms in total. The minimum atomic E-state index is -0.0603. The van der Waals surface area contributed by atoms with Crippen LogP contribution in [0.25, 0.3) is 10.9 Å². The van der Waals surface area contributed by atoms with Crippen molar-refractivity contribution in [1.29, 1.82) is 0 Å². The number of pyridine rings is 1. The van der Waals surface area contributed by atoms with Crippen LogP contribution in [0, 0.1) is 0 Å². The molecule has 1 aliphatic rings. The van der Waals surface area contributed by atoms with Crippen LogP contribution < -0.4 is 0 Å². The molecule has 0 radical (unpaired) electrons. The van der Waals surface area contributed by atoms with E-state index < -0.39 is 0 Å². The van der Waals surface area contributed by atoms with Crippen LogP contribution in [0.3, 0.4) is 0 Å². The van der Waals surface area contributed by atoms with Gasteiger partial charge >= 0.3 is 0 Å². The van der Waals surface area contributed by atoms with Crippen molar-refractivity contribution < 1.29 is 4.79 Å². The van der Waals surface area contributed by atoms with Crippen molar-refractivity contribution in [3.63, 3.8) is 0 Å². The van der Waals surface area contributed by atoms with Gasteiger partial charge in [-0.2, -0.15) is 0 Å². The average molecular weight is 269 g/mol. The van der Waals surface area contributed by atoms with Gasteiger partial charge in [-0.25, -0.2) is 0 Å². The number of piperazine rings is 1. The second-order valence-electron chi connectivity index (χ2n) is 5.53. The molecule has 0 saturated carbocycles. The third-order valence-corrected chi connectivity index (χ3v) is 4.04. The largest absolute Gasteiger partial charge is 0.303 e. The summed E-state index contributed by atoms with van der Waals surface area (Å²) in [5.41, 5.74) is 1.63. The highest BCUT2D eigenvalue weighted by Gasteiger charge is 2.29. The third kappa shape index (κ3) is 2.44. The van der Waals surface area contributed by atoms with E-state index in [2.05, 4.69) is 21.8 Å². The van der Waals surface area contributed by atoms with Gasteiger partial charge in [0.05, 0.1) is 11.6 Å². The Labute approximate surface area is 119 Å². The van der Waals surface area contributed by atoms with Gasteiger partial charge in [0, 0.05) is 36.8 Å². The van der Waals surface area contributed by atoms with E-state index in [1.54, 1.807) is 6.20 Å². The van der Waals surface area contributed by atoms with Crippen LogP contribution in [0.1, 0.15) is 10.4 Å². The first-order chi connectivity index (χ1) is 9.65. The molecule has 0 N–H and O–H groups in total. The second-order valence-corrected chi connectivity index (χ2v) is 5.53.